The molecule has 0 aliphatic rings. The van der Waals surface area contributed by atoms with Gasteiger partial charge in [-0.05, 0) is 17.7 Å². The van der Waals surface area contributed by atoms with E-state index in [0.29, 0.717) is 12.2 Å². The Morgan fingerprint density at radius 2 is 2.00 bits per heavy atom. The minimum Gasteiger partial charge on any atom is -0.369 e. The molecule has 1 aromatic carbocycles. The van der Waals surface area contributed by atoms with Crippen molar-refractivity contribution in [1.82, 2.24) is 19.5 Å². The fourth-order valence-electron chi connectivity index (χ4n) is 1.91. The maximum atomic E-state index is 11.7. The van der Waals surface area contributed by atoms with Gasteiger partial charge in [0.25, 0.3) is 5.56 Å². The predicted octanol–water partition coefficient (Wildman–Crippen LogP) is 0.150. The van der Waals surface area contributed by atoms with E-state index in [2.05, 4.69) is 15.0 Å². The lowest BCUT2D eigenvalue weighted by molar-refractivity contribution is 1.04. The topological polar surface area (TPSA) is 116 Å². The lowest BCUT2D eigenvalue weighted by atomic mass is 10.2. The van der Waals surface area contributed by atoms with E-state index in [1.54, 1.807) is 10.9 Å². The molecule has 5 N–H and O–H groups in total. The molecule has 0 bridgehead atoms. The van der Waals surface area contributed by atoms with Crippen LogP contribution in [0.3, 0.4) is 0 Å². The van der Waals surface area contributed by atoms with Crippen LogP contribution in [0, 0.1) is 0 Å². The van der Waals surface area contributed by atoms with E-state index in [-0.39, 0.29) is 17.0 Å². The monoisotopic (exact) mass is 256 g/mol. The van der Waals surface area contributed by atoms with Crippen LogP contribution in [0.2, 0.25) is 0 Å². The Balaban J connectivity index is 2.22. The number of rotatable bonds is 2. The molecule has 0 aliphatic heterocycles. The fraction of sp³-hybridized carbons (Fsp3) is 0.0833. The standard InChI is InChI=1S/C12H12N6O/c13-5-7-1-3-8(4-2-7)18-6-15-9-10(18)16-12(14)17-11(9)19/h1-4,6H,5,13H2,(H3,14,16,17,19). The van der Waals surface area contributed by atoms with Gasteiger partial charge in [-0.2, -0.15) is 4.98 Å². The summed E-state index contributed by atoms with van der Waals surface area (Å²) in [6.07, 6.45) is 1.55. The number of aromatic nitrogens is 4. The first-order valence-electron chi connectivity index (χ1n) is 5.71. The van der Waals surface area contributed by atoms with Crippen LogP contribution in [0.15, 0.2) is 35.4 Å². The van der Waals surface area contributed by atoms with Gasteiger partial charge in [0, 0.05) is 12.2 Å². The Morgan fingerprint density at radius 1 is 1.26 bits per heavy atom. The molecular formula is C12H12N6O. The third kappa shape index (κ3) is 1.85. The molecule has 0 atom stereocenters. The number of H-pyrrole nitrogens is 1. The van der Waals surface area contributed by atoms with Crippen LogP contribution in [0.5, 0.6) is 0 Å². The molecule has 96 valence electrons. The van der Waals surface area contributed by atoms with Crippen molar-refractivity contribution in [3.63, 3.8) is 0 Å². The molecule has 0 saturated carbocycles. The van der Waals surface area contributed by atoms with Crippen LogP contribution in [-0.4, -0.2) is 19.5 Å². The van der Waals surface area contributed by atoms with Crippen LogP contribution in [-0.2, 0) is 6.54 Å². The molecular weight excluding hydrogens is 244 g/mol. The quantitative estimate of drug-likeness (QED) is 0.603. The second-order valence-electron chi connectivity index (χ2n) is 4.11. The highest BCUT2D eigenvalue weighted by Crippen LogP contribution is 2.15. The maximum Gasteiger partial charge on any atom is 0.280 e. The first kappa shape index (κ1) is 11.4. The van der Waals surface area contributed by atoms with E-state index in [4.69, 9.17) is 11.5 Å². The van der Waals surface area contributed by atoms with Gasteiger partial charge in [0.15, 0.2) is 11.2 Å². The SMILES string of the molecule is NCc1ccc(-n2cnc3c(=O)[nH]c(N)nc32)cc1. The van der Waals surface area contributed by atoms with Gasteiger partial charge in [-0.1, -0.05) is 12.1 Å². The summed E-state index contributed by atoms with van der Waals surface area (Å²) >= 11 is 0. The maximum absolute atomic E-state index is 11.7. The molecule has 7 nitrogen and oxygen atoms in total. The van der Waals surface area contributed by atoms with Crippen molar-refractivity contribution in [3.05, 3.63) is 46.5 Å². The number of anilines is 1. The van der Waals surface area contributed by atoms with E-state index in [1.165, 1.54) is 0 Å². The van der Waals surface area contributed by atoms with Gasteiger partial charge in [0.2, 0.25) is 5.95 Å². The number of nitrogens with zero attached hydrogens (tertiary/aromatic N) is 3. The second kappa shape index (κ2) is 4.21. The van der Waals surface area contributed by atoms with E-state index in [9.17, 15) is 4.79 Å². The van der Waals surface area contributed by atoms with Crippen molar-refractivity contribution in [1.29, 1.82) is 0 Å². The number of aromatic amines is 1. The van der Waals surface area contributed by atoms with Crippen molar-refractivity contribution in [3.8, 4) is 5.69 Å². The number of hydrogen-bond acceptors (Lipinski definition) is 5. The first-order chi connectivity index (χ1) is 9.19. The highest BCUT2D eigenvalue weighted by atomic mass is 16.1. The van der Waals surface area contributed by atoms with Gasteiger partial charge in [-0.3, -0.25) is 14.3 Å². The van der Waals surface area contributed by atoms with Gasteiger partial charge in [0.1, 0.15) is 6.33 Å². The Labute approximate surface area is 107 Å². The lowest BCUT2D eigenvalue weighted by Gasteiger charge is -2.04. The molecule has 0 aliphatic carbocycles. The van der Waals surface area contributed by atoms with E-state index < -0.39 is 0 Å². The number of imidazole rings is 1. The van der Waals surface area contributed by atoms with Crippen LogP contribution in [0.4, 0.5) is 5.95 Å². The van der Waals surface area contributed by atoms with Crippen molar-refractivity contribution in [2.24, 2.45) is 5.73 Å². The molecule has 0 saturated heterocycles. The number of benzene rings is 1. The second-order valence-corrected chi connectivity index (χ2v) is 4.11. The van der Waals surface area contributed by atoms with Gasteiger partial charge in [0.05, 0.1) is 0 Å². The fourth-order valence-corrected chi connectivity index (χ4v) is 1.91. The van der Waals surface area contributed by atoms with E-state index in [0.717, 1.165) is 11.3 Å². The highest BCUT2D eigenvalue weighted by molar-refractivity contribution is 5.72. The largest absolute Gasteiger partial charge is 0.369 e. The minimum atomic E-state index is -0.347. The lowest BCUT2D eigenvalue weighted by Crippen LogP contribution is -2.12. The normalized spacial score (nSPS) is 11.0. The molecule has 2 aromatic heterocycles. The zero-order valence-electron chi connectivity index (χ0n) is 10.00. The Kier molecular flexibility index (Phi) is 2.53. The Hall–Kier alpha value is -2.67. The molecule has 19 heavy (non-hydrogen) atoms. The summed E-state index contributed by atoms with van der Waals surface area (Å²) < 4.78 is 1.71. The van der Waals surface area contributed by atoms with Crippen molar-refractivity contribution in [2.45, 2.75) is 6.54 Å². The summed E-state index contributed by atoms with van der Waals surface area (Å²) in [5.74, 6) is 0.0674. The van der Waals surface area contributed by atoms with Crippen molar-refractivity contribution in [2.75, 3.05) is 5.73 Å². The van der Waals surface area contributed by atoms with Crippen molar-refractivity contribution >= 4 is 17.1 Å². The average Bonchev–Trinajstić information content (AvgIpc) is 2.83. The molecule has 2 heterocycles. The molecule has 0 unspecified atom stereocenters. The summed E-state index contributed by atoms with van der Waals surface area (Å²) in [5.41, 5.74) is 13.3. The molecule has 0 fully saturated rings. The minimum absolute atomic E-state index is 0.0674. The highest BCUT2D eigenvalue weighted by Gasteiger charge is 2.10. The number of nitrogens with two attached hydrogens (primary N) is 2. The van der Waals surface area contributed by atoms with Crippen LogP contribution in [0.25, 0.3) is 16.9 Å². The number of nitrogen functional groups attached to an aromatic ring is 1. The predicted molar refractivity (Wildman–Crippen MR) is 71.8 cm³/mol. The zero-order valence-corrected chi connectivity index (χ0v) is 10.00. The van der Waals surface area contributed by atoms with Gasteiger partial charge in [-0.25, -0.2) is 4.98 Å². The molecule has 0 radical (unpaired) electrons. The smallest absolute Gasteiger partial charge is 0.280 e. The van der Waals surface area contributed by atoms with Crippen molar-refractivity contribution < 1.29 is 0 Å². The van der Waals surface area contributed by atoms with Gasteiger partial charge in [-0.15, -0.1) is 0 Å². The van der Waals surface area contributed by atoms with Gasteiger partial charge < -0.3 is 11.5 Å². The summed E-state index contributed by atoms with van der Waals surface area (Å²) in [7, 11) is 0. The molecule has 0 spiro atoms. The summed E-state index contributed by atoms with van der Waals surface area (Å²) in [6.45, 7) is 0.482. The van der Waals surface area contributed by atoms with Crippen LogP contribution >= 0.6 is 0 Å². The van der Waals surface area contributed by atoms with Crippen LogP contribution in [0.1, 0.15) is 5.56 Å². The Morgan fingerprint density at radius 3 is 2.68 bits per heavy atom. The molecule has 3 aromatic rings. The van der Waals surface area contributed by atoms with E-state index in [1.807, 2.05) is 24.3 Å². The third-order valence-corrected chi connectivity index (χ3v) is 2.88. The molecule has 3 rings (SSSR count). The Bertz CT molecular complexity index is 786. The number of hydrogen-bond donors (Lipinski definition) is 3. The van der Waals surface area contributed by atoms with Gasteiger partial charge >= 0.3 is 0 Å². The third-order valence-electron chi connectivity index (χ3n) is 2.88. The molecule has 7 heteroatoms. The summed E-state index contributed by atoms with van der Waals surface area (Å²) in [6, 6.07) is 7.61. The zero-order chi connectivity index (χ0) is 13.4. The number of fused-ring (bicyclic) bond motifs is 1. The average molecular weight is 256 g/mol. The number of nitrogens with one attached hydrogen (secondary N) is 1. The van der Waals surface area contributed by atoms with Crippen LogP contribution < -0.4 is 17.0 Å². The van der Waals surface area contributed by atoms with E-state index >= 15 is 0 Å². The first-order valence-corrected chi connectivity index (χ1v) is 5.71. The summed E-state index contributed by atoms with van der Waals surface area (Å²) in [4.78, 5) is 22.3. The molecule has 0 amide bonds. The summed E-state index contributed by atoms with van der Waals surface area (Å²) in [5, 5.41) is 0.